The Hall–Kier alpha value is -1.80. The number of hydrogen-bond acceptors (Lipinski definition) is 3. The molecule has 0 saturated heterocycles. The quantitative estimate of drug-likeness (QED) is 0.803. The molecule has 88 valence electrons. The van der Waals surface area contributed by atoms with Gasteiger partial charge < -0.3 is 5.11 Å². The molecule has 0 radical (unpaired) electrons. The number of hydrogen-bond donors (Lipinski definition) is 1. The molecule has 0 aliphatic heterocycles. The minimum Gasteiger partial charge on any atom is -0.476 e. The lowest BCUT2D eigenvalue weighted by Gasteiger charge is -2.17. The van der Waals surface area contributed by atoms with Gasteiger partial charge in [-0.3, -0.25) is 0 Å². The van der Waals surface area contributed by atoms with Crippen molar-refractivity contribution >= 4 is 5.97 Å². The summed E-state index contributed by atoms with van der Waals surface area (Å²) in [5, 5.41) is 13.6. The molecule has 0 aromatic carbocycles. The number of carboxylic acid groups (broad SMARTS) is 1. The summed E-state index contributed by atoms with van der Waals surface area (Å²) in [6.45, 7) is 0. The van der Waals surface area contributed by atoms with E-state index in [2.05, 4.69) is 10.2 Å². The first kappa shape index (κ1) is 12.3. The van der Waals surface area contributed by atoms with E-state index >= 15 is 0 Å². The first-order valence-electron chi connectivity index (χ1n) is 3.68. The molecular weight excluding hydrogens is 239 g/mol. The summed E-state index contributed by atoms with van der Waals surface area (Å²) < 4.78 is 60.8. The Morgan fingerprint density at radius 1 is 1.12 bits per heavy atom. The number of halogens is 5. The van der Waals surface area contributed by atoms with Crippen molar-refractivity contribution in [1.29, 1.82) is 0 Å². The highest BCUT2D eigenvalue weighted by molar-refractivity contribution is 5.84. The van der Waals surface area contributed by atoms with E-state index in [9.17, 15) is 26.7 Å². The van der Waals surface area contributed by atoms with Gasteiger partial charge in [0.1, 0.15) is 5.69 Å². The summed E-state index contributed by atoms with van der Waals surface area (Å²) in [6.07, 6.45) is -5.80. The molecule has 0 unspecified atom stereocenters. The van der Waals surface area contributed by atoms with Gasteiger partial charge in [0.25, 0.3) is 0 Å². The summed E-state index contributed by atoms with van der Waals surface area (Å²) in [5.41, 5.74) is -2.37. The second-order valence-electron chi connectivity index (χ2n) is 2.68. The molecule has 1 aromatic heterocycles. The number of aromatic nitrogens is 2. The van der Waals surface area contributed by atoms with Gasteiger partial charge in [-0.2, -0.15) is 22.0 Å². The van der Waals surface area contributed by atoms with Crippen LogP contribution in [0.4, 0.5) is 22.0 Å². The van der Waals surface area contributed by atoms with Crippen molar-refractivity contribution in [3.05, 3.63) is 23.5 Å². The molecule has 0 bridgehead atoms. The van der Waals surface area contributed by atoms with Gasteiger partial charge in [0.2, 0.25) is 0 Å². The second kappa shape index (κ2) is 3.65. The van der Waals surface area contributed by atoms with Crippen LogP contribution in [0.2, 0.25) is 0 Å². The zero-order valence-electron chi connectivity index (χ0n) is 7.29. The third kappa shape index (κ3) is 2.07. The predicted octanol–water partition coefficient (Wildman–Crippen LogP) is 1.83. The molecule has 1 heterocycles. The topological polar surface area (TPSA) is 63.1 Å². The van der Waals surface area contributed by atoms with Crippen molar-refractivity contribution in [3.8, 4) is 0 Å². The average Bonchev–Trinajstić information content (AvgIpc) is 2.16. The molecule has 9 heteroatoms. The number of carboxylic acids is 1. The van der Waals surface area contributed by atoms with Gasteiger partial charge in [-0.05, 0) is 12.1 Å². The molecule has 0 aliphatic carbocycles. The van der Waals surface area contributed by atoms with Gasteiger partial charge in [0.05, 0.1) is 0 Å². The monoisotopic (exact) mass is 242 g/mol. The third-order valence-electron chi connectivity index (χ3n) is 1.56. The molecule has 1 aromatic rings. The van der Waals surface area contributed by atoms with Crippen molar-refractivity contribution in [3.63, 3.8) is 0 Å². The molecule has 0 atom stereocenters. The largest absolute Gasteiger partial charge is 0.476 e. The maximum atomic E-state index is 12.6. The number of aromatic carboxylic acids is 1. The molecule has 0 saturated carbocycles. The van der Waals surface area contributed by atoms with E-state index in [4.69, 9.17) is 5.11 Å². The van der Waals surface area contributed by atoms with Crippen LogP contribution >= 0.6 is 0 Å². The van der Waals surface area contributed by atoms with Gasteiger partial charge >= 0.3 is 18.1 Å². The molecular formula is C7H3F5N2O2. The van der Waals surface area contributed by atoms with Crippen molar-refractivity contribution in [1.82, 2.24) is 10.2 Å². The van der Waals surface area contributed by atoms with E-state index in [0.29, 0.717) is 6.07 Å². The summed E-state index contributed by atoms with van der Waals surface area (Å²) in [7, 11) is 0. The lowest BCUT2D eigenvalue weighted by atomic mass is 10.2. The maximum Gasteiger partial charge on any atom is 0.459 e. The number of carbonyl (C=O) groups is 1. The van der Waals surface area contributed by atoms with Crippen LogP contribution in [0.1, 0.15) is 16.2 Å². The molecule has 1 N–H and O–H groups in total. The Labute approximate surface area is 84.7 Å². The third-order valence-corrected chi connectivity index (χ3v) is 1.56. The Bertz CT molecular complexity index is 400. The van der Waals surface area contributed by atoms with E-state index in [-0.39, 0.29) is 6.07 Å². The van der Waals surface area contributed by atoms with Crippen molar-refractivity contribution in [2.75, 3.05) is 0 Å². The van der Waals surface area contributed by atoms with E-state index in [1.54, 1.807) is 0 Å². The molecule has 0 aliphatic rings. The van der Waals surface area contributed by atoms with E-state index in [0.717, 1.165) is 0 Å². The van der Waals surface area contributed by atoms with Crippen LogP contribution in [0.25, 0.3) is 0 Å². The fourth-order valence-corrected chi connectivity index (χ4v) is 0.759. The number of rotatable bonds is 2. The SMILES string of the molecule is O=C(O)c1ccc(C(F)(F)C(F)(F)F)nn1. The molecule has 4 nitrogen and oxygen atoms in total. The van der Waals surface area contributed by atoms with Gasteiger partial charge in [-0.25, -0.2) is 4.79 Å². The zero-order valence-corrected chi connectivity index (χ0v) is 7.29. The normalized spacial score (nSPS) is 12.6. The number of nitrogens with zero attached hydrogens (tertiary/aromatic N) is 2. The molecule has 16 heavy (non-hydrogen) atoms. The molecule has 0 fully saturated rings. The van der Waals surface area contributed by atoms with Crippen LogP contribution in [0.3, 0.4) is 0 Å². The summed E-state index contributed by atoms with van der Waals surface area (Å²) in [4.78, 5) is 10.2. The Balaban J connectivity index is 3.11. The molecule has 0 spiro atoms. The van der Waals surface area contributed by atoms with Gasteiger partial charge in [0, 0.05) is 0 Å². The number of alkyl halides is 5. The summed E-state index contributed by atoms with van der Waals surface area (Å²) >= 11 is 0. The Morgan fingerprint density at radius 2 is 1.69 bits per heavy atom. The first-order valence-corrected chi connectivity index (χ1v) is 3.68. The fourth-order valence-electron chi connectivity index (χ4n) is 0.759. The minimum absolute atomic E-state index is 0.268. The van der Waals surface area contributed by atoms with Crippen LogP contribution in [-0.4, -0.2) is 27.4 Å². The second-order valence-corrected chi connectivity index (χ2v) is 2.68. The van der Waals surface area contributed by atoms with Crippen LogP contribution in [0, 0.1) is 0 Å². The zero-order chi connectivity index (χ0) is 12.6. The van der Waals surface area contributed by atoms with Crippen molar-refractivity contribution < 1.29 is 31.9 Å². The van der Waals surface area contributed by atoms with Crippen molar-refractivity contribution in [2.45, 2.75) is 12.1 Å². The van der Waals surface area contributed by atoms with E-state index in [1.807, 2.05) is 0 Å². The highest BCUT2D eigenvalue weighted by atomic mass is 19.4. The lowest BCUT2D eigenvalue weighted by molar-refractivity contribution is -0.291. The average molecular weight is 242 g/mol. The minimum atomic E-state index is -5.80. The summed E-state index contributed by atoms with van der Waals surface area (Å²) in [6, 6.07) is 0.786. The maximum absolute atomic E-state index is 12.6. The molecule has 1 rings (SSSR count). The van der Waals surface area contributed by atoms with E-state index < -0.39 is 29.5 Å². The standard InChI is InChI=1S/C7H3F5N2O2/c8-6(9,7(10,11)12)4-2-1-3(5(15)16)13-14-4/h1-2H,(H,15,16). The van der Waals surface area contributed by atoms with Gasteiger partial charge in [-0.15, -0.1) is 10.2 Å². The fraction of sp³-hybridized carbons (Fsp3) is 0.286. The van der Waals surface area contributed by atoms with Crippen LogP contribution in [0.15, 0.2) is 12.1 Å². The highest BCUT2D eigenvalue weighted by Crippen LogP contribution is 2.42. The van der Waals surface area contributed by atoms with Gasteiger partial charge in [0.15, 0.2) is 5.69 Å². The summed E-state index contributed by atoms with van der Waals surface area (Å²) in [5.74, 6) is -6.73. The Morgan fingerprint density at radius 3 is 2.00 bits per heavy atom. The van der Waals surface area contributed by atoms with Crippen molar-refractivity contribution in [2.24, 2.45) is 0 Å². The molecule has 0 amide bonds. The van der Waals surface area contributed by atoms with Crippen LogP contribution < -0.4 is 0 Å². The van der Waals surface area contributed by atoms with Gasteiger partial charge in [-0.1, -0.05) is 0 Å². The highest BCUT2D eigenvalue weighted by Gasteiger charge is 2.60. The predicted molar refractivity (Wildman–Crippen MR) is 38.9 cm³/mol. The van der Waals surface area contributed by atoms with Crippen LogP contribution in [0.5, 0.6) is 0 Å². The lowest BCUT2D eigenvalue weighted by Crippen LogP contribution is -2.34. The van der Waals surface area contributed by atoms with Crippen LogP contribution in [-0.2, 0) is 5.92 Å². The first-order chi connectivity index (χ1) is 7.16. The smallest absolute Gasteiger partial charge is 0.459 e. The van der Waals surface area contributed by atoms with E-state index in [1.165, 1.54) is 0 Å². The Kier molecular flexibility index (Phi) is 2.80.